The van der Waals surface area contributed by atoms with Gasteiger partial charge in [-0.2, -0.15) is 13.2 Å². The van der Waals surface area contributed by atoms with Gasteiger partial charge in [0.05, 0.1) is 5.56 Å². The summed E-state index contributed by atoms with van der Waals surface area (Å²) in [6.45, 7) is 6.15. The van der Waals surface area contributed by atoms with E-state index in [-0.39, 0.29) is 10.8 Å². The molecule has 0 amide bonds. The molecule has 0 aliphatic heterocycles. The fraction of sp³-hybridized carbons (Fsp3) is 0.647. The van der Waals surface area contributed by atoms with E-state index in [1.54, 1.807) is 0 Å². The van der Waals surface area contributed by atoms with E-state index in [1.807, 2.05) is 13.8 Å². The molecule has 21 heavy (non-hydrogen) atoms. The first-order chi connectivity index (χ1) is 9.52. The van der Waals surface area contributed by atoms with E-state index in [9.17, 15) is 18.3 Å². The molecule has 1 N–H and O–H groups in total. The van der Waals surface area contributed by atoms with Crippen LogP contribution in [-0.2, 0) is 11.8 Å². The van der Waals surface area contributed by atoms with Crippen molar-refractivity contribution in [2.45, 2.75) is 51.8 Å². The monoisotopic (exact) mass is 298 g/mol. The van der Waals surface area contributed by atoms with Crippen LogP contribution in [0.4, 0.5) is 13.2 Å². The Morgan fingerprint density at radius 1 is 1.10 bits per heavy atom. The molecule has 0 saturated heterocycles. The molecule has 2 saturated carbocycles. The van der Waals surface area contributed by atoms with Crippen LogP contribution in [0.5, 0.6) is 0 Å². The Bertz CT molecular complexity index is 554. The van der Waals surface area contributed by atoms with Crippen molar-refractivity contribution < 1.29 is 18.3 Å². The summed E-state index contributed by atoms with van der Waals surface area (Å²) in [6.07, 6.45) is -1.38. The molecule has 0 heterocycles. The number of rotatable bonds is 1. The van der Waals surface area contributed by atoms with Gasteiger partial charge in [0, 0.05) is 10.8 Å². The summed E-state index contributed by atoms with van der Waals surface area (Å²) in [4.78, 5) is 0. The van der Waals surface area contributed by atoms with Crippen molar-refractivity contribution in [2.24, 2.45) is 16.7 Å². The summed E-state index contributed by atoms with van der Waals surface area (Å²) in [5.74, 6) is 0.426. The molecule has 3 rings (SSSR count). The summed E-state index contributed by atoms with van der Waals surface area (Å²) in [7, 11) is 0. The van der Waals surface area contributed by atoms with Gasteiger partial charge in [0.25, 0.3) is 0 Å². The number of hydrogen-bond acceptors (Lipinski definition) is 1. The third kappa shape index (κ3) is 1.74. The average molecular weight is 298 g/mol. The van der Waals surface area contributed by atoms with E-state index in [2.05, 4.69) is 6.92 Å². The van der Waals surface area contributed by atoms with E-state index in [0.29, 0.717) is 11.5 Å². The first kappa shape index (κ1) is 14.9. The average Bonchev–Trinajstić information content (AvgIpc) is 2.86. The Morgan fingerprint density at radius 2 is 1.67 bits per heavy atom. The molecule has 4 heteroatoms. The molecule has 0 spiro atoms. The normalized spacial score (nSPS) is 38.0. The van der Waals surface area contributed by atoms with Crippen LogP contribution in [0.15, 0.2) is 24.3 Å². The number of fused-ring (bicyclic) bond motifs is 2. The first-order valence-corrected chi connectivity index (χ1v) is 7.42. The third-order valence-electron chi connectivity index (χ3n) is 6.20. The van der Waals surface area contributed by atoms with Crippen LogP contribution in [0, 0.1) is 16.7 Å². The highest BCUT2D eigenvalue weighted by Crippen LogP contribution is 2.71. The molecular weight excluding hydrogens is 277 g/mol. The standard InChI is InChI=1S/C17H21F3O/c1-14(2)13-8-9-15(3,10-13)16(14,21)11-4-6-12(7-5-11)17(18,19)20/h4-7,13,21H,8-10H2,1-3H3. The van der Waals surface area contributed by atoms with Crippen LogP contribution >= 0.6 is 0 Å². The lowest BCUT2D eigenvalue weighted by Crippen LogP contribution is -2.51. The molecular formula is C17H21F3O. The predicted molar refractivity (Wildman–Crippen MR) is 74.6 cm³/mol. The molecule has 3 unspecified atom stereocenters. The Balaban J connectivity index is 2.07. The number of aliphatic hydroxyl groups is 1. The summed E-state index contributed by atoms with van der Waals surface area (Å²) in [5, 5.41) is 11.5. The number of hydrogen-bond donors (Lipinski definition) is 1. The fourth-order valence-electron chi connectivity index (χ4n) is 4.88. The van der Waals surface area contributed by atoms with E-state index in [4.69, 9.17) is 0 Å². The van der Waals surface area contributed by atoms with Gasteiger partial charge in [-0.05, 0) is 42.9 Å². The second-order valence-corrected chi connectivity index (χ2v) is 7.51. The molecule has 2 fully saturated rings. The minimum atomic E-state index is -4.34. The Labute approximate surface area is 123 Å². The van der Waals surface area contributed by atoms with Gasteiger partial charge in [0.2, 0.25) is 0 Å². The van der Waals surface area contributed by atoms with Crippen LogP contribution in [-0.4, -0.2) is 5.11 Å². The lowest BCUT2D eigenvalue weighted by molar-refractivity contribution is -0.151. The van der Waals surface area contributed by atoms with Crippen molar-refractivity contribution in [2.75, 3.05) is 0 Å². The van der Waals surface area contributed by atoms with Crippen molar-refractivity contribution >= 4 is 0 Å². The molecule has 116 valence electrons. The quantitative estimate of drug-likeness (QED) is 0.794. The van der Waals surface area contributed by atoms with Crippen molar-refractivity contribution in [1.29, 1.82) is 0 Å². The fourth-order valence-corrected chi connectivity index (χ4v) is 4.88. The van der Waals surface area contributed by atoms with Gasteiger partial charge in [-0.15, -0.1) is 0 Å². The van der Waals surface area contributed by atoms with E-state index in [1.165, 1.54) is 12.1 Å². The minimum absolute atomic E-state index is 0.249. The maximum Gasteiger partial charge on any atom is 0.416 e. The summed E-state index contributed by atoms with van der Waals surface area (Å²) in [5.41, 5.74) is -1.68. The maximum atomic E-state index is 12.7. The topological polar surface area (TPSA) is 20.2 Å². The van der Waals surface area contributed by atoms with Gasteiger partial charge in [-0.3, -0.25) is 0 Å². The molecule has 2 aliphatic carbocycles. The second kappa shape index (κ2) is 4.03. The van der Waals surface area contributed by atoms with Crippen molar-refractivity contribution in [1.82, 2.24) is 0 Å². The molecule has 2 aliphatic rings. The molecule has 0 aromatic heterocycles. The van der Waals surface area contributed by atoms with Gasteiger partial charge < -0.3 is 5.11 Å². The van der Waals surface area contributed by atoms with Crippen LogP contribution in [0.2, 0.25) is 0 Å². The minimum Gasteiger partial charge on any atom is -0.384 e. The molecule has 1 aromatic rings. The largest absolute Gasteiger partial charge is 0.416 e. The highest BCUT2D eigenvalue weighted by Gasteiger charge is 2.68. The van der Waals surface area contributed by atoms with Gasteiger partial charge in [-0.1, -0.05) is 32.9 Å². The Morgan fingerprint density at radius 3 is 2.10 bits per heavy atom. The van der Waals surface area contributed by atoms with E-state index in [0.717, 1.165) is 31.4 Å². The van der Waals surface area contributed by atoms with E-state index < -0.39 is 17.3 Å². The summed E-state index contributed by atoms with van der Waals surface area (Å²) >= 11 is 0. The summed E-state index contributed by atoms with van der Waals surface area (Å²) in [6, 6.07) is 5.07. The van der Waals surface area contributed by atoms with Crippen LogP contribution in [0.1, 0.15) is 51.2 Å². The number of benzene rings is 1. The highest BCUT2D eigenvalue weighted by atomic mass is 19.4. The zero-order valence-corrected chi connectivity index (χ0v) is 12.6. The van der Waals surface area contributed by atoms with Crippen LogP contribution < -0.4 is 0 Å². The zero-order valence-electron chi connectivity index (χ0n) is 12.6. The van der Waals surface area contributed by atoms with Crippen molar-refractivity contribution in [3.8, 4) is 0 Å². The van der Waals surface area contributed by atoms with Crippen LogP contribution in [0.25, 0.3) is 0 Å². The third-order valence-corrected chi connectivity index (χ3v) is 6.20. The number of halogens is 3. The maximum absolute atomic E-state index is 12.7. The highest BCUT2D eigenvalue weighted by molar-refractivity contribution is 5.35. The predicted octanol–water partition coefficient (Wildman–Crippen LogP) is 4.74. The lowest BCUT2D eigenvalue weighted by atomic mass is 9.58. The van der Waals surface area contributed by atoms with Gasteiger partial charge in [0.15, 0.2) is 0 Å². The Hall–Kier alpha value is -1.03. The van der Waals surface area contributed by atoms with Crippen LogP contribution in [0.3, 0.4) is 0 Å². The van der Waals surface area contributed by atoms with Gasteiger partial charge >= 0.3 is 6.18 Å². The zero-order chi connectivity index (χ0) is 15.7. The lowest BCUT2D eigenvalue weighted by Gasteiger charge is -2.51. The molecule has 0 radical (unpaired) electrons. The van der Waals surface area contributed by atoms with Gasteiger partial charge in [-0.25, -0.2) is 0 Å². The number of alkyl halides is 3. The van der Waals surface area contributed by atoms with E-state index >= 15 is 0 Å². The Kier molecular flexibility index (Phi) is 2.86. The first-order valence-electron chi connectivity index (χ1n) is 7.42. The smallest absolute Gasteiger partial charge is 0.384 e. The van der Waals surface area contributed by atoms with Crippen molar-refractivity contribution in [3.05, 3.63) is 35.4 Å². The molecule has 1 aromatic carbocycles. The van der Waals surface area contributed by atoms with Gasteiger partial charge in [0.1, 0.15) is 5.60 Å². The molecule has 2 bridgehead atoms. The molecule has 1 nitrogen and oxygen atoms in total. The SMILES string of the molecule is CC12CCC(C1)C(C)(C)C2(O)c1ccc(C(F)(F)F)cc1. The second-order valence-electron chi connectivity index (χ2n) is 7.51. The van der Waals surface area contributed by atoms with Crippen molar-refractivity contribution in [3.63, 3.8) is 0 Å². The molecule has 3 atom stereocenters. The summed E-state index contributed by atoms with van der Waals surface area (Å²) < 4.78 is 38.1.